The van der Waals surface area contributed by atoms with Gasteiger partial charge in [-0.1, -0.05) is 71.6 Å². The van der Waals surface area contributed by atoms with E-state index in [0.29, 0.717) is 13.0 Å². The molecule has 0 heterocycles. The van der Waals surface area contributed by atoms with Crippen LogP contribution in [0.4, 0.5) is 0 Å². The first kappa shape index (κ1) is 23.0. The number of rotatable bonds is 16. The van der Waals surface area contributed by atoms with Gasteiger partial charge in [-0.2, -0.15) is 0 Å². The minimum atomic E-state index is -0.0241. The van der Waals surface area contributed by atoms with Gasteiger partial charge < -0.3 is 4.74 Å². The van der Waals surface area contributed by atoms with Crippen molar-refractivity contribution >= 4 is 5.97 Å². The molecule has 0 aliphatic rings. The summed E-state index contributed by atoms with van der Waals surface area (Å²) in [4.78, 5) is 11.4. The summed E-state index contributed by atoms with van der Waals surface area (Å²) in [7, 11) is 0. The molecule has 0 aromatic heterocycles. The minimum Gasteiger partial charge on any atom is -0.466 e. The number of carbonyl (C=O) groups excluding carboxylic acids is 1. The molecule has 0 spiro atoms. The zero-order valence-electron chi connectivity index (χ0n) is 16.3. The first-order chi connectivity index (χ1) is 11.8. The third kappa shape index (κ3) is 19.1. The number of carbonyl (C=O) groups is 1. The van der Waals surface area contributed by atoms with E-state index < -0.39 is 0 Å². The number of ether oxygens (including phenoxy) is 1. The van der Waals surface area contributed by atoms with Gasteiger partial charge in [-0.15, -0.1) is 11.8 Å². The molecule has 2 nitrogen and oxygen atoms in total. The number of esters is 1. The van der Waals surface area contributed by atoms with Crippen LogP contribution in [0.15, 0.2) is 0 Å². The molecule has 0 saturated carbocycles. The van der Waals surface area contributed by atoms with E-state index in [4.69, 9.17) is 4.74 Å². The predicted molar refractivity (Wildman–Crippen MR) is 104 cm³/mol. The number of hydrogen-bond donors (Lipinski definition) is 0. The SMILES string of the molecule is CCCCCCCCC#CCCCCCCCC(=O)OCCCC. The second kappa shape index (κ2) is 20.1. The molecule has 0 saturated heterocycles. The van der Waals surface area contributed by atoms with Gasteiger partial charge in [-0.05, 0) is 25.7 Å². The Balaban J connectivity index is 3.20. The Morgan fingerprint density at radius 3 is 1.75 bits per heavy atom. The van der Waals surface area contributed by atoms with Gasteiger partial charge >= 0.3 is 5.97 Å². The normalized spacial score (nSPS) is 10.2. The maximum Gasteiger partial charge on any atom is 0.305 e. The van der Waals surface area contributed by atoms with E-state index in [9.17, 15) is 4.79 Å². The Hall–Kier alpha value is -0.970. The fourth-order valence-corrected chi connectivity index (χ4v) is 2.59. The van der Waals surface area contributed by atoms with E-state index in [-0.39, 0.29) is 5.97 Å². The highest BCUT2D eigenvalue weighted by atomic mass is 16.5. The summed E-state index contributed by atoms with van der Waals surface area (Å²) in [6.45, 7) is 4.95. The zero-order valence-corrected chi connectivity index (χ0v) is 16.3. The molecule has 0 radical (unpaired) electrons. The molecular weight excluding hydrogens is 296 g/mol. The molecule has 0 amide bonds. The van der Waals surface area contributed by atoms with Gasteiger partial charge in [0.25, 0.3) is 0 Å². The van der Waals surface area contributed by atoms with Crippen LogP contribution in [0.25, 0.3) is 0 Å². The molecule has 0 N–H and O–H groups in total. The highest BCUT2D eigenvalue weighted by molar-refractivity contribution is 5.69. The van der Waals surface area contributed by atoms with Gasteiger partial charge in [-0.25, -0.2) is 0 Å². The molecule has 0 aromatic carbocycles. The molecule has 0 fully saturated rings. The van der Waals surface area contributed by atoms with Crippen molar-refractivity contribution in [2.75, 3.05) is 6.61 Å². The fraction of sp³-hybridized carbons (Fsp3) is 0.864. The van der Waals surface area contributed by atoms with Crippen molar-refractivity contribution in [3.05, 3.63) is 0 Å². The van der Waals surface area contributed by atoms with Crippen LogP contribution in [-0.2, 0) is 9.53 Å². The summed E-state index contributed by atoms with van der Waals surface area (Å²) >= 11 is 0. The minimum absolute atomic E-state index is 0.0241. The van der Waals surface area contributed by atoms with Crippen LogP contribution >= 0.6 is 0 Å². The van der Waals surface area contributed by atoms with Gasteiger partial charge in [0.15, 0.2) is 0 Å². The molecule has 0 aliphatic heterocycles. The van der Waals surface area contributed by atoms with Crippen molar-refractivity contribution in [3.63, 3.8) is 0 Å². The van der Waals surface area contributed by atoms with Gasteiger partial charge in [0.1, 0.15) is 0 Å². The van der Waals surface area contributed by atoms with Crippen LogP contribution < -0.4 is 0 Å². The molecule has 140 valence electrons. The van der Waals surface area contributed by atoms with E-state index in [0.717, 1.165) is 38.5 Å². The Morgan fingerprint density at radius 1 is 0.667 bits per heavy atom. The van der Waals surface area contributed by atoms with Crippen molar-refractivity contribution in [3.8, 4) is 11.8 Å². The Bertz CT molecular complexity index is 325. The van der Waals surface area contributed by atoms with Gasteiger partial charge in [-0.3, -0.25) is 4.79 Å². The summed E-state index contributed by atoms with van der Waals surface area (Å²) in [6, 6.07) is 0. The average Bonchev–Trinajstić information content (AvgIpc) is 2.58. The molecule has 0 bridgehead atoms. The molecule has 0 atom stereocenters. The van der Waals surface area contributed by atoms with Crippen LogP contribution in [-0.4, -0.2) is 12.6 Å². The van der Waals surface area contributed by atoms with E-state index in [1.165, 1.54) is 57.8 Å². The third-order valence-electron chi connectivity index (χ3n) is 4.22. The summed E-state index contributed by atoms with van der Waals surface area (Å²) in [6.07, 6.45) is 18.6. The fourth-order valence-electron chi connectivity index (χ4n) is 2.59. The molecule has 2 heteroatoms. The first-order valence-corrected chi connectivity index (χ1v) is 10.4. The van der Waals surface area contributed by atoms with Crippen molar-refractivity contribution in [1.82, 2.24) is 0 Å². The second-order valence-corrected chi connectivity index (χ2v) is 6.71. The van der Waals surface area contributed by atoms with Crippen LogP contribution in [0.5, 0.6) is 0 Å². The molecule has 0 unspecified atom stereocenters. The summed E-state index contributed by atoms with van der Waals surface area (Å²) < 4.78 is 5.14. The zero-order chi connectivity index (χ0) is 17.7. The average molecular weight is 337 g/mol. The monoisotopic (exact) mass is 336 g/mol. The lowest BCUT2D eigenvalue weighted by atomic mass is 10.1. The Labute approximate surface area is 151 Å². The molecule has 0 aromatic rings. The second-order valence-electron chi connectivity index (χ2n) is 6.71. The smallest absolute Gasteiger partial charge is 0.305 e. The van der Waals surface area contributed by atoms with Crippen molar-refractivity contribution < 1.29 is 9.53 Å². The lowest BCUT2D eigenvalue weighted by molar-refractivity contribution is -0.143. The van der Waals surface area contributed by atoms with E-state index in [2.05, 4.69) is 25.7 Å². The number of hydrogen-bond acceptors (Lipinski definition) is 2. The van der Waals surface area contributed by atoms with E-state index in [1.54, 1.807) is 0 Å². The lowest BCUT2D eigenvalue weighted by Crippen LogP contribution is -2.05. The Morgan fingerprint density at radius 2 is 1.17 bits per heavy atom. The third-order valence-corrected chi connectivity index (χ3v) is 4.22. The molecular formula is C22H40O2. The van der Waals surface area contributed by atoms with Gasteiger partial charge in [0.2, 0.25) is 0 Å². The van der Waals surface area contributed by atoms with Crippen molar-refractivity contribution in [2.45, 2.75) is 117 Å². The lowest BCUT2D eigenvalue weighted by Gasteiger charge is -2.03. The first-order valence-electron chi connectivity index (χ1n) is 10.4. The summed E-state index contributed by atoms with van der Waals surface area (Å²) in [5.41, 5.74) is 0. The highest BCUT2D eigenvalue weighted by Gasteiger charge is 2.01. The topological polar surface area (TPSA) is 26.3 Å². The predicted octanol–water partition coefficient (Wildman–Crippen LogP) is 6.81. The van der Waals surface area contributed by atoms with Gasteiger partial charge in [0, 0.05) is 19.3 Å². The molecule has 0 rings (SSSR count). The maximum absolute atomic E-state index is 11.4. The van der Waals surface area contributed by atoms with Crippen LogP contribution in [0.2, 0.25) is 0 Å². The van der Waals surface area contributed by atoms with Crippen LogP contribution in [0.3, 0.4) is 0 Å². The summed E-state index contributed by atoms with van der Waals surface area (Å²) in [5, 5.41) is 0. The van der Waals surface area contributed by atoms with E-state index in [1.807, 2.05) is 0 Å². The standard InChI is InChI=1S/C22H40O2/c1-3-5-7-8-9-10-11-12-13-14-15-16-17-18-19-20-22(23)24-21-6-4-2/h3-11,14-21H2,1-2H3. The van der Waals surface area contributed by atoms with E-state index >= 15 is 0 Å². The molecule has 0 aliphatic carbocycles. The van der Waals surface area contributed by atoms with Crippen LogP contribution in [0, 0.1) is 11.8 Å². The maximum atomic E-state index is 11.4. The van der Waals surface area contributed by atoms with Crippen molar-refractivity contribution in [1.29, 1.82) is 0 Å². The quantitative estimate of drug-likeness (QED) is 0.176. The number of unbranched alkanes of at least 4 members (excludes halogenated alkanes) is 12. The van der Waals surface area contributed by atoms with Crippen LogP contribution in [0.1, 0.15) is 117 Å². The summed E-state index contributed by atoms with van der Waals surface area (Å²) in [5.74, 6) is 6.58. The highest BCUT2D eigenvalue weighted by Crippen LogP contribution is 2.08. The molecule has 24 heavy (non-hydrogen) atoms. The Kier molecular flexibility index (Phi) is 19.3. The largest absolute Gasteiger partial charge is 0.466 e. The van der Waals surface area contributed by atoms with Gasteiger partial charge in [0.05, 0.1) is 6.61 Å². The van der Waals surface area contributed by atoms with Crippen molar-refractivity contribution in [2.24, 2.45) is 0 Å².